The second-order valence-electron chi connectivity index (χ2n) is 4.24. The van der Waals surface area contributed by atoms with Gasteiger partial charge in [0, 0.05) is 6.04 Å². The zero-order valence-corrected chi connectivity index (χ0v) is 10.5. The van der Waals surface area contributed by atoms with Crippen molar-refractivity contribution in [2.45, 2.75) is 18.9 Å². The average Bonchev–Trinajstić information content (AvgIpc) is 2.38. The largest absolute Gasteiger partial charge is 0.493 e. The second kappa shape index (κ2) is 5.38. The lowest BCUT2D eigenvalue weighted by atomic mass is 9.92. The van der Waals surface area contributed by atoms with Gasteiger partial charge >= 0.3 is 0 Å². The fourth-order valence-electron chi connectivity index (χ4n) is 2.39. The van der Waals surface area contributed by atoms with Gasteiger partial charge < -0.3 is 20.5 Å². The highest BCUT2D eigenvalue weighted by molar-refractivity contribution is 5.49. The van der Waals surface area contributed by atoms with Crippen LogP contribution in [0.15, 0.2) is 12.1 Å². The van der Waals surface area contributed by atoms with Crippen LogP contribution >= 0.6 is 0 Å². The van der Waals surface area contributed by atoms with E-state index >= 15 is 0 Å². The summed E-state index contributed by atoms with van der Waals surface area (Å²) in [5, 5.41) is 3.49. The van der Waals surface area contributed by atoms with Crippen molar-refractivity contribution in [2.24, 2.45) is 5.73 Å². The molecule has 0 aliphatic carbocycles. The Labute approximate surface area is 102 Å². The summed E-state index contributed by atoms with van der Waals surface area (Å²) in [5.74, 6) is 1.59. The molecule has 0 bridgehead atoms. The lowest BCUT2D eigenvalue weighted by Gasteiger charge is -2.27. The van der Waals surface area contributed by atoms with Gasteiger partial charge in [-0.05, 0) is 49.2 Å². The van der Waals surface area contributed by atoms with Crippen LogP contribution in [0.1, 0.15) is 23.6 Å². The molecule has 17 heavy (non-hydrogen) atoms. The van der Waals surface area contributed by atoms with E-state index in [1.807, 2.05) is 0 Å². The number of hydrogen-bond donors (Lipinski definition) is 2. The minimum Gasteiger partial charge on any atom is -0.493 e. The lowest BCUT2D eigenvalue weighted by molar-refractivity contribution is 0.351. The van der Waals surface area contributed by atoms with E-state index in [-0.39, 0.29) is 0 Å². The molecule has 0 amide bonds. The van der Waals surface area contributed by atoms with Crippen LogP contribution in [0.3, 0.4) is 0 Å². The fraction of sp³-hybridized carbons (Fsp3) is 0.538. The predicted octanol–water partition coefficient (Wildman–Crippen LogP) is 1.24. The maximum Gasteiger partial charge on any atom is 0.161 e. The Balaban J connectivity index is 2.39. The summed E-state index contributed by atoms with van der Waals surface area (Å²) in [7, 11) is 3.33. The highest BCUT2D eigenvalue weighted by Crippen LogP contribution is 2.35. The number of rotatable bonds is 4. The molecule has 1 heterocycles. The monoisotopic (exact) mass is 236 g/mol. The molecule has 0 radical (unpaired) electrons. The lowest BCUT2D eigenvalue weighted by Crippen LogP contribution is -2.31. The van der Waals surface area contributed by atoms with E-state index in [4.69, 9.17) is 15.2 Å². The summed E-state index contributed by atoms with van der Waals surface area (Å²) in [6.45, 7) is 1.68. The first-order valence-corrected chi connectivity index (χ1v) is 5.98. The van der Waals surface area contributed by atoms with Crippen LogP contribution in [-0.2, 0) is 6.42 Å². The van der Waals surface area contributed by atoms with Crippen molar-refractivity contribution in [2.75, 3.05) is 27.3 Å². The quantitative estimate of drug-likeness (QED) is 0.826. The maximum atomic E-state index is 5.65. The average molecular weight is 236 g/mol. The molecule has 94 valence electrons. The molecule has 0 fully saturated rings. The van der Waals surface area contributed by atoms with Crippen molar-refractivity contribution in [3.63, 3.8) is 0 Å². The van der Waals surface area contributed by atoms with Crippen molar-refractivity contribution in [3.8, 4) is 11.5 Å². The molecule has 1 aromatic rings. The maximum absolute atomic E-state index is 5.65. The third kappa shape index (κ3) is 2.37. The molecule has 1 aliphatic heterocycles. The van der Waals surface area contributed by atoms with E-state index in [0.717, 1.165) is 30.9 Å². The van der Waals surface area contributed by atoms with Crippen molar-refractivity contribution < 1.29 is 9.47 Å². The Morgan fingerprint density at radius 3 is 2.65 bits per heavy atom. The second-order valence-corrected chi connectivity index (χ2v) is 4.24. The Morgan fingerprint density at radius 1 is 1.29 bits per heavy atom. The molecule has 0 saturated carbocycles. The van der Waals surface area contributed by atoms with Crippen molar-refractivity contribution >= 4 is 0 Å². The van der Waals surface area contributed by atoms with Gasteiger partial charge in [0.25, 0.3) is 0 Å². The van der Waals surface area contributed by atoms with Crippen LogP contribution in [0.25, 0.3) is 0 Å². The van der Waals surface area contributed by atoms with Gasteiger partial charge in [-0.3, -0.25) is 0 Å². The van der Waals surface area contributed by atoms with Crippen LogP contribution in [0.5, 0.6) is 11.5 Å². The molecule has 1 atom stereocenters. The summed E-state index contributed by atoms with van der Waals surface area (Å²) in [6.07, 6.45) is 1.97. The molecule has 1 aliphatic rings. The molecule has 0 spiro atoms. The minimum atomic E-state index is 0.337. The Morgan fingerprint density at radius 2 is 2.00 bits per heavy atom. The van der Waals surface area contributed by atoms with E-state index in [9.17, 15) is 0 Å². The number of fused-ring (bicyclic) bond motifs is 1. The highest BCUT2D eigenvalue weighted by Gasteiger charge is 2.21. The third-order valence-electron chi connectivity index (χ3n) is 3.26. The summed E-state index contributed by atoms with van der Waals surface area (Å²) in [4.78, 5) is 0. The summed E-state index contributed by atoms with van der Waals surface area (Å²) >= 11 is 0. The van der Waals surface area contributed by atoms with Gasteiger partial charge in [0.05, 0.1) is 14.2 Å². The van der Waals surface area contributed by atoms with Crippen molar-refractivity contribution in [1.82, 2.24) is 5.32 Å². The predicted molar refractivity (Wildman–Crippen MR) is 67.7 cm³/mol. The molecular weight excluding hydrogens is 216 g/mol. The number of nitrogens with two attached hydrogens (primary N) is 1. The summed E-state index contributed by atoms with van der Waals surface area (Å²) in [6, 6.07) is 4.49. The Bertz CT molecular complexity index is 393. The Kier molecular flexibility index (Phi) is 3.86. The molecule has 1 unspecified atom stereocenters. The van der Waals surface area contributed by atoms with Crippen LogP contribution < -0.4 is 20.5 Å². The van der Waals surface area contributed by atoms with E-state index in [1.165, 1.54) is 11.1 Å². The first kappa shape index (κ1) is 12.2. The molecule has 4 nitrogen and oxygen atoms in total. The number of ether oxygens (including phenoxy) is 2. The molecule has 3 N–H and O–H groups in total. The third-order valence-corrected chi connectivity index (χ3v) is 3.26. The van der Waals surface area contributed by atoms with Crippen LogP contribution in [0, 0.1) is 0 Å². The smallest absolute Gasteiger partial charge is 0.161 e. The van der Waals surface area contributed by atoms with E-state index < -0.39 is 0 Å². The highest BCUT2D eigenvalue weighted by atomic mass is 16.5. The zero-order chi connectivity index (χ0) is 12.3. The van der Waals surface area contributed by atoms with Crippen molar-refractivity contribution in [3.05, 3.63) is 23.3 Å². The summed E-state index contributed by atoms with van der Waals surface area (Å²) < 4.78 is 10.7. The van der Waals surface area contributed by atoms with Gasteiger partial charge in [-0.25, -0.2) is 0 Å². The number of hydrogen-bond acceptors (Lipinski definition) is 4. The van der Waals surface area contributed by atoms with Crippen LogP contribution in [0.4, 0.5) is 0 Å². The van der Waals surface area contributed by atoms with Gasteiger partial charge in [0.2, 0.25) is 0 Å². The van der Waals surface area contributed by atoms with Gasteiger partial charge in [0.1, 0.15) is 0 Å². The molecule has 1 aromatic carbocycles. The van der Waals surface area contributed by atoms with E-state index in [2.05, 4.69) is 17.4 Å². The SMILES string of the molecule is COc1cc2c(cc1OC)C(CCN)NCC2. The van der Waals surface area contributed by atoms with Crippen LogP contribution in [0.2, 0.25) is 0 Å². The first-order chi connectivity index (χ1) is 8.30. The normalized spacial score (nSPS) is 18.6. The number of benzene rings is 1. The number of methoxy groups -OCH3 is 2. The fourth-order valence-corrected chi connectivity index (χ4v) is 2.39. The molecule has 4 heteroatoms. The molecule has 0 saturated heterocycles. The van der Waals surface area contributed by atoms with Crippen molar-refractivity contribution in [1.29, 1.82) is 0 Å². The Hall–Kier alpha value is -1.26. The molecule has 0 aromatic heterocycles. The molecular formula is C13H20N2O2. The van der Waals surface area contributed by atoms with Crippen LogP contribution in [-0.4, -0.2) is 27.3 Å². The zero-order valence-electron chi connectivity index (χ0n) is 10.5. The first-order valence-electron chi connectivity index (χ1n) is 5.98. The van der Waals surface area contributed by atoms with Gasteiger partial charge in [0.15, 0.2) is 11.5 Å². The molecule has 2 rings (SSSR count). The minimum absolute atomic E-state index is 0.337. The number of nitrogens with one attached hydrogen (secondary N) is 1. The van der Waals surface area contributed by atoms with E-state index in [0.29, 0.717) is 12.6 Å². The van der Waals surface area contributed by atoms with Gasteiger partial charge in [-0.15, -0.1) is 0 Å². The van der Waals surface area contributed by atoms with Gasteiger partial charge in [-0.2, -0.15) is 0 Å². The summed E-state index contributed by atoms with van der Waals surface area (Å²) in [5.41, 5.74) is 8.27. The standard InChI is InChI=1S/C13H20N2O2/c1-16-12-7-9-4-6-15-11(3-5-14)10(9)8-13(12)17-2/h7-8,11,15H,3-6,14H2,1-2H3. The van der Waals surface area contributed by atoms with Gasteiger partial charge in [-0.1, -0.05) is 0 Å². The van der Waals surface area contributed by atoms with E-state index in [1.54, 1.807) is 14.2 Å². The topological polar surface area (TPSA) is 56.5 Å².